The Balaban J connectivity index is 2.11. The van der Waals surface area contributed by atoms with Crippen molar-refractivity contribution in [1.29, 1.82) is 0 Å². The highest BCUT2D eigenvalue weighted by Gasteiger charge is 2.44. The van der Waals surface area contributed by atoms with Crippen LogP contribution in [0.15, 0.2) is 12.1 Å². The highest BCUT2D eigenvalue weighted by Crippen LogP contribution is 2.49. The normalized spacial score (nSPS) is 25.5. The summed E-state index contributed by atoms with van der Waals surface area (Å²) in [4.78, 5) is 22.6. The van der Waals surface area contributed by atoms with Gasteiger partial charge >= 0.3 is 5.97 Å². The fraction of sp³-hybridized carbons (Fsp3) is 0.333. The van der Waals surface area contributed by atoms with Crippen LogP contribution < -0.4 is 0 Å². The zero-order valence-corrected chi connectivity index (χ0v) is 7.58. The molecule has 1 N–H and O–H groups in total. The van der Waals surface area contributed by atoms with Crippen molar-refractivity contribution >= 4 is 23.6 Å². The Morgan fingerprint density at radius 1 is 1.62 bits per heavy atom. The summed E-state index contributed by atoms with van der Waals surface area (Å²) in [5.41, 5.74) is 0. The number of aldehydes is 1. The van der Waals surface area contributed by atoms with E-state index in [-0.39, 0.29) is 11.8 Å². The molecule has 1 aromatic rings. The van der Waals surface area contributed by atoms with Gasteiger partial charge in [0.05, 0.1) is 10.8 Å². The van der Waals surface area contributed by atoms with E-state index in [1.807, 2.05) is 6.07 Å². The van der Waals surface area contributed by atoms with Crippen LogP contribution >= 0.6 is 11.3 Å². The summed E-state index contributed by atoms with van der Waals surface area (Å²) in [6, 6.07) is 3.59. The van der Waals surface area contributed by atoms with Crippen LogP contribution in [0.2, 0.25) is 0 Å². The van der Waals surface area contributed by atoms with Gasteiger partial charge in [0.15, 0.2) is 6.29 Å². The number of carboxylic acid groups (broad SMARTS) is 1. The van der Waals surface area contributed by atoms with Crippen LogP contribution in [-0.4, -0.2) is 17.4 Å². The first-order chi connectivity index (χ1) is 6.22. The van der Waals surface area contributed by atoms with Crippen molar-refractivity contribution in [1.82, 2.24) is 0 Å². The standard InChI is InChI=1S/C9H8O3S/c10-4-5-1-2-8(13-5)6-3-7(6)9(11)12/h1-2,4,6-7H,3H2,(H,11,12)/t6-,7+/m0/s1. The van der Waals surface area contributed by atoms with E-state index < -0.39 is 5.97 Å². The third kappa shape index (κ3) is 1.49. The topological polar surface area (TPSA) is 54.4 Å². The Bertz CT molecular complexity index is 355. The Kier molecular flexibility index (Phi) is 1.92. The highest BCUT2D eigenvalue weighted by molar-refractivity contribution is 7.13. The molecule has 68 valence electrons. The quantitative estimate of drug-likeness (QED) is 0.749. The maximum Gasteiger partial charge on any atom is 0.307 e. The van der Waals surface area contributed by atoms with Crippen molar-refractivity contribution in [3.8, 4) is 0 Å². The van der Waals surface area contributed by atoms with Crippen LogP contribution in [0, 0.1) is 5.92 Å². The zero-order chi connectivity index (χ0) is 9.42. The van der Waals surface area contributed by atoms with E-state index in [4.69, 9.17) is 5.11 Å². The summed E-state index contributed by atoms with van der Waals surface area (Å²) in [7, 11) is 0. The van der Waals surface area contributed by atoms with Gasteiger partial charge < -0.3 is 5.11 Å². The summed E-state index contributed by atoms with van der Waals surface area (Å²) >= 11 is 1.39. The third-order valence-electron chi connectivity index (χ3n) is 2.24. The molecule has 0 saturated heterocycles. The summed E-state index contributed by atoms with van der Waals surface area (Å²) < 4.78 is 0. The number of carboxylic acids is 1. The summed E-state index contributed by atoms with van der Waals surface area (Å²) in [5.74, 6) is -0.805. The van der Waals surface area contributed by atoms with Gasteiger partial charge in [-0.3, -0.25) is 9.59 Å². The van der Waals surface area contributed by atoms with Gasteiger partial charge in [0.1, 0.15) is 0 Å². The van der Waals surface area contributed by atoms with Gasteiger partial charge in [-0.1, -0.05) is 0 Å². The minimum Gasteiger partial charge on any atom is -0.481 e. The Hall–Kier alpha value is -1.16. The molecular formula is C9H8O3S. The molecule has 1 heterocycles. The van der Waals surface area contributed by atoms with Crippen molar-refractivity contribution in [3.05, 3.63) is 21.9 Å². The molecule has 1 fully saturated rings. The highest BCUT2D eigenvalue weighted by atomic mass is 32.1. The molecule has 13 heavy (non-hydrogen) atoms. The van der Waals surface area contributed by atoms with E-state index in [1.165, 1.54) is 11.3 Å². The minimum atomic E-state index is -0.731. The molecule has 0 radical (unpaired) electrons. The van der Waals surface area contributed by atoms with Crippen LogP contribution in [0.4, 0.5) is 0 Å². The molecule has 0 aliphatic heterocycles. The molecule has 3 nitrogen and oxygen atoms in total. The van der Waals surface area contributed by atoms with Crippen LogP contribution in [0.1, 0.15) is 26.9 Å². The van der Waals surface area contributed by atoms with Crippen LogP contribution in [0.25, 0.3) is 0 Å². The van der Waals surface area contributed by atoms with E-state index in [0.29, 0.717) is 11.3 Å². The number of aliphatic carboxylic acids is 1. The zero-order valence-electron chi connectivity index (χ0n) is 6.77. The van der Waals surface area contributed by atoms with Gasteiger partial charge in [0, 0.05) is 10.8 Å². The van der Waals surface area contributed by atoms with E-state index >= 15 is 0 Å². The first-order valence-corrected chi connectivity index (χ1v) is 4.81. The summed E-state index contributed by atoms with van der Waals surface area (Å²) in [6.45, 7) is 0. The van der Waals surface area contributed by atoms with Gasteiger partial charge in [-0.25, -0.2) is 0 Å². The second-order valence-electron chi connectivity index (χ2n) is 3.14. The van der Waals surface area contributed by atoms with Crippen LogP contribution in [-0.2, 0) is 4.79 Å². The van der Waals surface area contributed by atoms with E-state index in [0.717, 1.165) is 11.2 Å². The van der Waals surface area contributed by atoms with Crippen molar-refractivity contribution in [2.45, 2.75) is 12.3 Å². The third-order valence-corrected chi connectivity index (χ3v) is 3.38. The van der Waals surface area contributed by atoms with Gasteiger partial charge in [0.25, 0.3) is 0 Å². The van der Waals surface area contributed by atoms with Crippen molar-refractivity contribution < 1.29 is 14.7 Å². The summed E-state index contributed by atoms with van der Waals surface area (Å²) in [5, 5.41) is 8.68. The predicted molar refractivity (Wildman–Crippen MR) is 48.2 cm³/mol. The van der Waals surface area contributed by atoms with Crippen molar-refractivity contribution in [2.75, 3.05) is 0 Å². The number of hydrogen-bond donors (Lipinski definition) is 1. The summed E-state index contributed by atoms with van der Waals surface area (Å²) in [6.07, 6.45) is 1.51. The van der Waals surface area contributed by atoms with Crippen molar-refractivity contribution in [3.63, 3.8) is 0 Å². The minimum absolute atomic E-state index is 0.149. The van der Waals surface area contributed by atoms with Gasteiger partial charge in [-0.05, 0) is 18.6 Å². The lowest BCUT2D eigenvalue weighted by molar-refractivity contribution is -0.138. The SMILES string of the molecule is O=Cc1ccc([C@H]2C[C@H]2C(=O)O)s1. The Labute approximate surface area is 79.0 Å². The molecule has 1 aromatic heterocycles. The Morgan fingerprint density at radius 3 is 2.85 bits per heavy atom. The maximum absolute atomic E-state index is 10.6. The number of carbonyl (C=O) groups excluding carboxylic acids is 1. The lowest BCUT2D eigenvalue weighted by Gasteiger charge is -1.89. The van der Waals surface area contributed by atoms with Crippen LogP contribution in [0.5, 0.6) is 0 Å². The second kappa shape index (κ2) is 2.96. The lowest BCUT2D eigenvalue weighted by Crippen LogP contribution is -1.97. The fourth-order valence-electron chi connectivity index (χ4n) is 1.41. The first-order valence-electron chi connectivity index (χ1n) is 4.00. The molecule has 0 bridgehead atoms. The fourth-order valence-corrected chi connectivity index (χ4v) is 2.42. The molecule has 1 saturated carbocycles. The van der Waals surface area contributed by atoms with Gasteiger partial charge in [0.2, 0.25) is 0 Å². The van der Waals surface area contributed by atoms with E-state index in [2.05, 4.69) is 0 Å². The number of carbonyl (C=O) groups is 2. The molecule has 1 aliphatic carbocycles. The number of rotatable bonds is 3. The number of thiophene rings is 1. The van der Waals surface area contributed by atoms with E-state index in [1.54, 1.807) is 6.07 Å². The molecule has 0 aromatic carbocycles. The predicted octanol–water partition coefficient (Wildman–Crippen LogP) is 1.75. The Morgan fingerprint density at radius 2 is 2.38 bits per heavy atom. The molecule has 2 atom stereocenters. The lowest BCUT2D eigenvalue weighted by atomic mass is 10.3. The van der Waals surface area contributed by atoms with Gasteiger partial charge in [-0.15, -0.1) is 11.3 Å². The average molecular weight is 196 g/mol. The van der Waals surface area contributed by atoms with Gasteiger partial charge in [-0.2, -0.15) is 0 Å². The molecule has 2 rings (SSSR count). The average Bonchev–Trinajstić information content (AvgIpc) is 2.78. The van der Waals surface area contributed by atoms with Crippen molar-refractivity contribution in [2.24, 2.45) is 5.92 Å². The smallest absolute Gasteiger partial charge is 0.307 e. The first kappa shape index (κ1) is 8.44. The molecule has 4 heteroatoms. The number of hydrogen-bond acceptors (Lipinski definition) is 3. The van der Waals surface area contributed by atoms with Crippen LogP contribution in [0.3, 0.4) is 0 Å². The van der Waals surface area contributed by atoms with E-state index in [9.17, 15) is 9.59 Å². The monoisotopic (exact) mass is 196 g/mol. The molecule has 1 aliphatic rings. The second-order valence-corrected chi connectivity index (χ2v) is 4.29. The molecule has 0 amide bonds. The largest absolute Gasteiger partial charge is 0.481 e. The molecule has 0 unspecified atom stereocenters. The molecule has 0 spiro atoms. The molecular weight excluding hydrogens is 188 g/mol. The maximum atomic E-state index is 10.6.